The van der Waals surface area contributed by atoms with Crippen molar-refractivity contribution in [1.29, 1.82) is 0 Å². The first-order valence-corrected chi connectivity index (χ1v) is 11.3. The van der Waals surface area contributed by atoms with Crippen molar-refractivity contribution in [3.05, 3.63) is 23.8 Å². The van der Waals surface area contributed by atoms with Gasteiger partial charge in [0.2, 0.25) is 0 Å². The molecule has 0 radical (unpaired) electrons. The lowest BCUT2D eigenvalue weighted by atomic mass is 9.46. The molecule has 0 aromatic rings. The van der Waals surface area contributed by atoms with Gasteiger partial charge in [0.1, 0.15) is 5.60 Å². The summed E-state index contributed by atoms with van der Waals surface area (Å²) in [4.78, 5) is 24.2. The number of carbonyl (C=O) groups is 2. The lowest BCUT2D eigenvalue weighted by Gasteiger charge is -2.59. The van der Waals surface area contributed by atoms with Crippen LogP contribution in [-0.4, -0.2) is 29.1 Å². The van der Waals surface area contributed by atoms with Crippen LogP contribution in [0.1, 0.15) is 51.9 Å². The predicted octanol–water partition coefficient (Wildman–Crippen LogP) is 3.44. The highest BCUT2D eigenvalue weighted by molar-refractivity contribution is 5.91. The van der Waals surface area contributed by atoms with Crippen molar-refractivity contribution >= 4 is 11.8 Å². The van der Waals surface area contributed by atoms with Gasteiger partial charge in [0.05, 0.1) is 0 Å². The number of ketones is 1. The van der Waals surface area contributed by atoms with Crippen LogP contribution in [0.3, 0.4) is 0 Å². The Kier molecular flexibility index (Phi) is 3.48. The molecule has 1 N–H and O–H groups in total. The smallest absolute Gasteiger partial charge is 0.331 e. The largest absolute Gasteiger partial charge is 0.451 e. The van der Waals surface area contributed by atoms with Crippen molar-refractivity contribution in [2.45, 2.75) is 57.5 Å². The van der Waals surface area contributed by atoms with Crippen molar-refractivity contribution in [1.82, 2.24) is 0 Å². The van der Waals surface area contributed by atoms with Gasteiger partial charge in [-0.3, -0.25) is 4.79 Å². The number of ether oxygens (including phenoxy) is 1. The molecule has 6 aliphatic rings. The molecular formula is C24H30O4. The van der Waals surface area contributed by atoms with Crippen LogP contribution in [0, 0.1) is 46.8 Å². The first-order chi connectivity index (χ1) is 13.5. The molecule has 6 unspecified atom stereocenters. The number of rotatable bonds is 2. The zero-order valence-electron chi connectivity index (χ0n) is 16.6. The van der Waals surface area contributed by atoms with Crippen LogP contribution in [0.25, 0.3) is 0 Å². The summed E-state index contributed by atoms with van der Waals surface area (Å²) >= 11 is 0. The fraction of sp³-hybridized carbons (Fsp3) is 0.750. The van der Waals surface area contributed by atoms with Gasteiger partial charge in [0.25, 0.3) is 0 Å². The minimum atomic E-state index is -0.369. The number of aliphatic hydroxyl groups excluding tert-OH is 1. The molecule has 1 spiro atoms. The van der Waals surface area contributed by atoms with Crippen LogP contribution in [0.15, 0.2) is 23.8 Å². The summed E-state index contributed by atoms with van der Waals surface area (Å²) in [6.45, 7) is 2.44. The number of aliphatic hydroxyl groups is 1. The van der Waals surface area contributed by atoms with E-state index in [0.29, 0.717) is 41.9 Å². The van der Waals surface area contributed by atoms with E-state index in [2.05, 4.69) is 13.0 Å². The van der Waals surface area contributed by atoms with Gasteiger partial charge >= 0.3 is 5.97 Å². The zero-order valence-corrected chi connectivity index (χ0v) is 16.6. The summed E-state index contributed by atoms with van der Waals surface area (Å²) < 4.78 is 6.13. The second kappa shape index (κ2) is 5.59. The quantitative estimate of drug-likeness (QED) is 0.743. The number of fused-ring (bicyclic) bond motifs is 9. The molecular weight excluding hydrogens is 352 g/mol. The number of hydrogen-bond acceptors (Lipinski definition) is 4. The summed E-state index contributed by atoms with van der Waals surface area (Å²) in [6.07, 6.45) is 12.8. The monoisotopic (exact) mass is 382 g/mol. The first-order valence-electron chi connectivity index (χ1n) is 11.3. The molecule has 28 heavy (non-hydrogen) atoms. The lowest BCUT2D eigenvalue weighted by Crippen LogP contribution is -2.57. The highest BCUT2D eigenvalue weighted by atomic mass is 16.6. The van der Waals surface area contributed by atoms with Gasteiger partial charge in [0, 0.05) is 36.4 Å². The van der Waals surface area contributed by atoms with Crippen molar-refractivity contribution < 1.29 is 19.4 Å². The Hall–Kier alpha value is -1.42. The molecule has 1 heterocycles. The van der Waals surface area contributed by atoms with Crippen molar-refractivity contribution in [2.24, 2.45) is 46.8 Å². The van der Waals surface area contributed by atoms with Gasteiger partial charge in [-0.1, -0.05) is 12.5 Å². The standard InChI is InChI=1S/C24H30O4/c1-2-23-7-5-16-15-4-3-14(26)10-17(15)13(12-25)9-18(16)22(23)19-11-20(19)24(23)8-6-21(27)28-24/h6,8,10,13,15-16,18-20,22,25H,2-5,7,9,11-12H2,1H3/t13?,15-,16?,18?,19?,20?,22?,23+,24+/m1/s1. The van der Waals surface area contributed by atoms with E-state index >= 15 is 0 Å². The second-order valence-corrected chi connectivity index (χ2v) is 10.3. The summed E-state index contributed by atoms with van der Waals surface area (Å²) in [7, 11) is 0. The Morgan fingerprint density at radius 3 is 2.75 bits per heavy atom. The Morgan fingerprint density at radius 2 is 2.04 bits per heavy atom. The van der Waals surface area contributed by atoms with Crippen molar-refractivity contribution in [3.63, 3.8) is 0 Å². The molecule has 0 aromatic carbocycles. The Morgan fingerprint density at radius 1 is 1.18 bits per heavy atom. The third kappa shape index (κ3) is 1.91. The average Bonchev–Trinajstić information content (AvgIpc) is 3.34. The molecule has 1 aliphatic heterocycles. The van der Waals surface area contributed by atoms with Crippen LogP contribution in [0.2, 0.25) is 0 Å². The second-order valence-electron chi connectivity index (χ2n) is 10.3. The molecule has 4 heteroatoms. The van der Waals surface area contributed by atoms with Crippen molar-refractivity contribution in [2.75, 3.05) is 6.61 Å². The van der Waals surface area contributed by atoms with Gasteiger partial charge in [-0.15, -0.1) is 0 Å². The molecule has 0 aromatic heterocycles. The SMILES string of the molecule is CC[C@]12CCC3C(CC(CO)C4=CC(=O)CC[C@@H]43)C1C1CC1[C@@]21C=CC(=O)O1. The highest BCUT2D eigenvalue weighted by Gasteiger charge is 2.78. The van der Waals surface area contributed by atoms with Crippen LogP contribution in [0.5, 0.6) is 0 Å². The molecule has 6 rings (SSSR count). The summed E-state index contributed by atoms with van der Waals surface area (Å²) in [5.74, 6) is 3.66. The van der Waals surface area contributed by atoms with Gasteiger partial charge in [-0.2, -0.15) is 0 Å². The molecule has 9 atom stereocenters. The normalized spacial score (nSPS) is 53.2. The highest BCUT2D eigenvalue weighted by Crippen LogP contribution is 2.78. The predicted molar refractivity (Wildman–Crippen MR) is 103 cm³/mol. The Labute approximate surface area is 166 Å². The molecule has 4 nitrogen and oxygen atoms in total. The molecule has 150 valence electrons. The van der Waals surface area contributed by atoms with E-state index in [4.69, 9.17) is 4.74 Å². The first kappa shape index (κ1) is 17.4. The van der Waals surface area contributed by atoms with E-state index in [0.717, 1.165) is 32.1 Å². The summed E-state index contributed by atoms with van der Waals surface area (Å²) in [5.41, 5.74) is 0.944. The zero-order chi connectivity index (χ0) is 19.3. The molecule has 5 aliphatic carbocycles. The Balaban J connectivity index is 1.42. The van der Waals surface area contributed by atoms with Crippen LogP contribution in [0.4, 0.5) is 0 Å². The molecule has 0 amide bonds. The maximum Gasteiger partial charge on any atom is 0.331 e. The van der Waals surface area contributed by atoms with E-state index in [1.54, 1.807) is 6.08 Å². The van der Waals surface area contributed by atoms with Crippen LogP contribution >= 0.6 is 0 Å². The molecule has 4 saturated carbocycles. The molecule has 4 fully saturated rings. The van der Waals surface area contributed by atoms with Crippen LogP contribution < -0.4 is 0 Å². The molecule has 0 bridgehead atoms. The minimum absolute atomic E-state index is 0.0656. The van der Waals surface area contributed by atoms with Gasteiger partial charge in [-0.05, 0) is 80.3 Å². The van der Waals surface area contributed by atoms with Gasteiger partial charge < -0.3 is 9.84 Å². The number of esters is 1. The van der Waals surface area contributed by atoms with Crippen LogP contribution in [-0.2, 0) is 14.3 Å². The Bertz CT molecular complexity index is 811. The lowest BCUT2D eigenvalue weighted by molar-refractivity contribution is -0.173. The fourth-order valence-electron chi connectivity index (χ4n) is 8.90. The van der Waals surface area contributed by atoms with E-state index < -0.39 is 0 Å². The molecule has 0 saturated heterocycles. The third-order valence-corrected chi connectivity index (χ3v) is 9.79. The summed E-state index contributed by atoms with van der Waals surface area (Å²) in [5, 5.41) is 10.2. The average molecular weight is 383 g/mol. The van der Waals surface area contributed by atoms with Gasteiger partial charge in [0.15, 0.2) is 5.78 Å². The van der Waals surface area contributed by atoms with E-state index in [-0.39, 0.29) is 35.3 Å². The van der Waals surface area contributed by atoms with E-state index in [9.17, 15) is 14.7 Å². The third-order valence-electron chi connectivity index (χ3n) is 9.79. The van der Waals surface area contributed by atoms with Crippen molar-refractivity contribution in [3.8, 4) is 0 Å². The fourth-order valence-corrected chi connectivity index (χ4v) is 8.90. The minimum Gasteiger partial charge on any atom is -0.451 e. The number of hydrogen-bond donors (Lipinski definition) is 1. The van der Waals surface area contributed by atoms with E-state index in [1.165, 1.54) is 12.0 Å². The maximum absolute atomic E-state index is 12.1. The topological polar surface area (TPSA) is 63.6 Å². The maximum atomic E-state index is 12.1. The summed E-state index contributed by atoms with van der Waals surface area (Å²) in [6, 6.07) is 0. The van der Waals surface area contributed by atoms with E-state index in [1.807, 2.05) is 6.08 Å². The van der Waals surface area contributed by atoms with Gasteiger partial charge in [-0.25, -0.2) is 4.79 Å². The number of carbonyl (C=O) groups excluding carboxylic acids is 2.